The molecule has 0 amide bonds. The van der Waals surface area contributed by atoms with Crippen LogP contribution in [0.1, 0.15) is 34.8 Å². The van der Waals surface area contributed by atoms with Crippen molar-refractivity contribution in [1.29, 1.82) is 0 Å². The van der Waals surface area contributed by atoms with Crippen LogP contribution in [-0.2, 0) is 13.0 Å². The summed E-state index contributed by atoms with van der Waals surface area (Å²) in [6.07, 6.45) is 0.946. The van der Waals surface area contributed by atoms with E-state index < -0.39 is 0 Å². The first-order chi connectivity index (χ1) is 9.52. The van der Waals surface area contributed by atoms with Crippen LogP contribution in [0.2, 0.25) is 0 Å². The minimum absolute atomic E-state index is 0.00439. The fourth-order valence-electron chi connectivity index (χ4n) is 2.53. The van der Waals surface area contributed by atoms with Crippen LogP contribution in [0, 0.1) is 13.8 Å². The molecule has 0 fully saturated rings. The lowest BCUT2D eigenvalue weighted by Crippen LogP contribution is -2.05. The number of benzene rings is 1. The van der Waals surface area contributed by atoms with Gasteiger partial charge in [0.2, 0.25) is 0 Å². The molecular weight excluding hydrogens is 272 g/mol. The van der Waals surface area contributed by atoms with Gasteiger partial charge in [-0.2, -0.15) is 5.10 Å². The van der Waals surface area contributed by atoms with E-state index in [1.807, 2.05) is 30.7 Å². The molecule has 0 N–H and O–H groups in total. The number of hydrogen-bond acceptors (Lipinski definition) is 2. The van der Waals surface area contributed by atoms with Crippen molar-refractivity contribution in [2.24, 2.45) is 0 Å². The standard InChI is InChI=1S/C16H21ClN2O/c1-11(17)16-12(2)18-19(13(16)3)10-9-14-5-7-15(20-4)8-6-14/h5-8,11H,9-10H2,1-4H3. The quantitative estimate of drug-likeness (QED) is 0.777. The van der Waals surface area contributed by atoms with Crippen LogP contribution >= 0.6 is 11.6 Å². The van der Waals surface area contributed by atoms with Crippen LogP contribution in [0.15, 0.2) is 24.3 Å². The summed E-state index contributed by atoms with van der Waals surface area (Å²) >= 11 is 6.21. The van der Waals surface area contributed by atoms with Crippen LogP contribution in [0.5, 0.6) is 5.75 Å². The minimum atomic E-state index is 0.00439. The molecular formula is C16H21ClN2O. The fraction of sp³-hybridized carbons (Fsp3) is 0.438. The molecule has 1 atom stereocenters. The molecule has 1 unspecified atom stereocenters. The van der Waals surface area contributed by atoms with Gasteiger partial charge >= 0.3 is 0 Å². The van der Waals surface area contributed by atoms with Gasteiger partial charge in [-0.15, -0.1) is 11.6 Å². The van der Waals surface area contributed by atoms with Gasteiger partial charge in [0.25, 0.3) is 0 Å². The maximum Gasteiger partial charge on any atom is 0.118 e. The SMILES string of the molecule is COc1ccc(CCn2nc(C)c(C(C)Cl)c2C)cc1. The van der Waals surface area contributed by atoms with E-state index in [1.165, 1.54) is 11.3 Å². The molecule has 0 spiro atoms. The van der Waals surface area contributed by atoms with Crippen molar-refractivity contribution in [1.82, 2.24) is 9.78 Å². The Morgan fingerprint density at radius 1 is 1.25 bits per heavy atom. The highest BCUT2D eigenvalue weighted by Crippen LogP contribution is 2.26. The fourth-order valence-corrected chi connectivity index (χ4v) is 2.85. The van der Waals surface area contributed by atoms with E-state index in [0.717, 1.165) is 30.0 Å². The van der Waals surface area contributed by atoms with Crippen molar-refractivity contribution in [3.63, 3.8) is 0 Å². The van der Waals surface area contributed by atoms with Crippen molar-refractivity contribution in [3.05, 3.63) is 46.8 Å². The number of alkyl halides is 1. The normalized spacial score (nSPS) is 12.4. The number of nitrogens with zero attached hydrogens (tertiary/aromatic N) is 2. The first kappa shape index (κ1) is 14.9. The van der Waals surface area contributed by atoms with Gasteiger partial charge in [0.1, 0.15) is 5.75 Å². The van der Waals surface area contributed by atoms with Crippen LogP contribution < -0.4 is 4.74 Å². The Kier molecular flexibility index (Phi) is 4.71. The van der Waals surface area contributed by atoms with Crippen molar-refractivity contribution >= 4 is 11.6 Å². The highest BCUT2D eigenvalue weighted by atomic mass is 35.5. The average Bonchev–Trinajstić information content (AvgIpc) is 2.71. The monoisotopic (exact) mass is 292 g/mol. The number of aryl methyl sites for hydroxylation is 3. The zero-order valence-electron chi connectivity index (χ0n) is 12.5. The molecule has 1 aromatic heterocycles. The van der Waals surface area contributed by atoms with Crippen molar-refractivity contribution in [2.45, 2.75) is 39.1 Å². The molecule has 1 heterocycles. The Labute approximate surface area is 125 Å². The van der Waals surface area contributed by atoms with Crippen LogP contribution in [-0.4, -0.2) is 16.9 Å². The Hall–Kier alpha value is -1.48. The molecule has 2 aromatic rings. The zero-order chi connectivity index (χ0) is 14.7. The highest BCUT2D eigenvalue weighted by Gasteiger charge is 2.15. The van der Waals surface area contributed by atoms with E-state index in [0.29, 0.717) is 0 Å². The first-order valence-electron chi connectivity index (χ1n) is 6.83. The van der Waals surface area contributed by atoms with Crippen LogP contribution in [0.4, 0.5) is 0 Å². The Morgan fingerprint density at radius 2 is 1.90 bits per heavy atom. The predicted molar refractivity (Wildman–Crippen MR) is 82.7 cm³/mol. The molecule has 0 bridgehead atoms. The summed E-state index contributed by atoms with van der Waals surface area (Å²) in [5.74, 6) is 0.887. The molecule has 0 aliphatic heterocycles. The summed E-state index contributed by atoms with van der Waals surface area (Å²) < 4.78 is 7.21. The summed E-state index contributed by atoms with van der Waals surface area (Å²) in [5.41, 5.74) is 4.62. The predicted octanol–water partition coefficient (Wildman–Crippen LogP) is 4.05. The molecule has 0 radical (unpaired) electrons. The number of rotatable bonds is 5. The number of aromatic nitrogens is 2. The number of methoxy groups -OCH3 is 1. The van der Waals surface area contributed by atoms with E-state index >= 15 is 0 Å². The van der Waals surface area contributed by atoms with Gasteiger partial charge in [-0.05, 0) is 44.9 Å². The zero-order valence-corrected chi connectivity index (χ0v) is 13.2. The summed E-state index contributed by atoms with van der Waals surface area (Å²) in [6, 6.07) is 8.16. The van der Waals surface area contributed by atoms with Gasteiger partial charge in [0.15, 0.2) is 0 Å². The third-order valence-electron chi connectivity index (χ3n) is 3.61. The average molecular weight is 293 g/mol. The van der Waals surface area contributed by atoms with E-state index in [1.54, 1.807) is 7.11 Å². The molecule has 108 valence electrons. The van der Waals surface area contributed by atoms with Gasteiger partial charge in [-0.3, -0.25) is 4.68 Å². The van der Waals surface area contributed by atoms with Gasteiger partial charge in [0.05, 0.1) is 18.2 Å². The molecule has 0 saturated heterocycles. The second-order valence-corrected chi connectivity index (χ2v) is 5.68. The molecule has 1 aromatic carbocycles. The number of halogens is 1. The lowest BCUT2D eigenvalue weighted by Gasteiger charge is -2.07. The minimum Gasteiger partial charge on any atom is -0.497 e. The van der Waals surface area contributed by atoms with Gasteiger partial charge in [-0.25, -0.2) is 0 Å². The Bertz CT molecular complexity index is 573. The summed E-state index contributed by atoms with van der Waals surface area (Å²) in [7, 11) is 1.68. The summed E-state index contributed by atoms with van der Waals surface area (Å²) in [6.45, 7) is 6.96. The molecule has 0 aliphatic rings. The van der Waals surface area contributed by atoms with E-state index in [2.05, 4.69) is 24.2 Å². The lowest BCUT2D eigenvalue weighted by atomic mass is 10.1. The maximum atomic E-state index is 6.21. The van der Waals surface area contributed by atoms with Gasteiger partial charge in [0, 0.05) is 17.8 Å². The van der Waals surface area contributed by atoms with Crippen molar-refractivity contribution < 1.29 is 4.74 Å². The topological polar surface area (TPSA) is 27.1 Å². The van der Waals surface area contributed by atoms with E-state index in [9.17, 15) is 0 Å². The molecule has 2 rings (SSSR count). The molecule has 0 saturated carbocycles. The Morgan fingerprint density at radius 3 is 2.40 bits per heavy atom. The molecule has 20 heavy (non-hydrogen) atoms. The van der Waals surface area contributed by atoms with Crippen molar-refractivity contribution in [2.75, 3.05) is 7.11 Å². The van der Waals surface area contributed by atoms with Gasteiger partial charge in [-0.1, -0.05) is 12.1 Å². The second-order valence-electron chi connectivity index (χ2n) is 5.02. The molecule has 3 nitrogen and oxygen atoms in total. The molecule has 0 aliphatic carbocycles. The first-order valence-corrected chi connectivity index (χ1v) is 7.27. The van der Waals surface area contributed by atoms with Crippen molar-refractivity contribution in [3.8, 4) is 5.75 Å². The van der Waals surface area contributed by atoms with E-state index in [-0.39, 0.29) is 5.38 Å². The third kappa shape index (κ3) is 3.15. The second kappa shape index (κ2) is 6.31. The number of ether oxygens (including phenoxy) is 1. The molecule has 4 heteroatoms. The van der Waals surface area contributed by atoms with Crippen LogP contribution in [0.3, 0.4) is 0 Å². The van der Waals surface area contributed by atoms with Gasteiger partial charge < -0.3 is 4.74 Å². The Balaban J connectivity index is 2.09. The highest BCUT2D eigenvalue weighted by molar-refractivity contribution is 6.20. The lowest BCUT2D eigenvalue weighted by molar-refractivity contribution is 0.414. The summed E-state index contributed by atoms with van der Waals surface area (Å²) in [5, 5.41) is 4.59. The number of hydrogen-bond donors (Lipinski definition) is 0. The summed E-state index contributed by atoms with van der Waals surface area (Å²) in [4.78, 5) is 0. The maximum absolute atomic E-state index is 6.21. The smallest absolute Gasteiger partial charge is 0.118 e. The largest absolute Gasteiger partial charge is 0.497 e. The third-order valence-corrected chi connectivity index (χ3v) is 3.82. The van der Waals surface area contributed by atoms with Crippen LogP contribution in [0.25, 0.3) is 0 Å². The van der Waals surface area contributed by atoms with E-state index in [4.69, 9.17) is 16.3 Å².